The van der Waals surface area contributed by atoms with Crippen molar-refractivity contribution >= 4 is 39.9 Å². The topological polar surface area (TPSA) is 43.9 Å². The zero-order chi connectivity index (χ0) is 21.4. The Hall–Kier alpha value is -2.89. The SMILES string of the molecule is O=C1c2cccc3cccc(c23)C(=O)N1CCCN1CCN(c2ccccc2Cl)CC1. The Kier molecular flexibility index (Phi) is 5.38. The molecular formula is C25H24ClN3O2. The highest BCUT2D eigenvalue weighted by molar-refractivity contribution is 6.33. The van der Waals surface area contributed by atoms with Crippen LogP contribution < -0.4 is 4.90 Å². The lowest BCUT2D eigenvalue weighted by atomic mass is 9.94. The van der Waals surface area contributed by atoms with E-state index in [4.69, 9.17) is 11.6 Å². The van der Waals surface area contributed by atoms with Gasteiger partial charge in [0.05, 0.1) is 10.7 Å². The third-order valence-electron chi connectivity index (χ3n) is 6.28. The Morgan fingerprint density at radius 1 is 0.742 bits per heavy atom. The summed E-state index contributed by atoms with van der Waals surface area (Å²) in [6.45, 7) is 5.01. The van der Waals surface area contributed by atoms with Crippen molar-refractivity contribution in [3.05, 3.63) is 76.8 Å². The lowest BCUT2D eigenvalue weighted by Crippen LogP contribution is -2.47. The highest BCUT2D eigenvalue weighted by atomic mass is 35.5. The lowest BCUT2D eigenvalue weighted by molar-refractivity contribution is 0.0603. The molecule has 0 radical (unpaired) electrons. The van der Waals surface area contributed by atoms with Gasteiger partial charge in [0.1, 0.15) is 0 Å². The molecule has 3 aromatic rings. The predicted molar refractivity (Wildman–Crippen MR) is 124 cm³/mol. The quantitative estimate of drug-likeness (QED) is 0.563. The summed E-state index contributed by atoms with van der Waals surface area (Å²) in [6, 6.07) is 19.2. The van der Waals surface area contributed by atoms with Gasteiger partial charge in [-0.2, -0.15) is 0 Å². The first-order valence-electron chi connectivity index (χ1n) is 10.7. The second-order valence-corrected chi connectivity index (χ2v) is 8.51. The van der Waals surface area contributed by atoms with E-state index in [0.717, 1.165) is 60.6 Å². The summed E-state index contributed by atoms with van der Waals surface area (Å²) in [5, 5.41) is 2.51. The number of halogens is 1. The van der Waals surface area contributed by atoms with Crippen LogP contribution in [0, 0.1) is 0 Å². The van der Waals surface area contributed by atoms with Crippen LogP contribution in [0.1, 0.15) is 27.1 Å². The first-order chi connectivity index (χ1) is 15.1. The molecule has 0 unspecified atom stereocenters. The molecule has 158 valence electrons. The summed E-state index contributed by atoms with van der Waals surface area (Å²) in [6.07, 6.45) is 0.766. The fourth-order valence-corrected chi connectivity index (χ4v) is 4.91. The fourth-order valence-electron chi connectivity index (χ4n) is 4.66. The van der Waals surface area contributed by atoms with Gasteiger partial charge in [-0.25, -0.2) is 0 Å². The van der Waals surface area contributed by atoms with Crippen LogP contribution in [0.3, 0.4) is 0 Å². The van der Waals surface area contributed by atoms with Gasteiger partial charge in [-0.3, -0.25) is 19.4 Å². The number of hydrogen-bond donors (Lipinski definition) is 0. The number of piperazine rings is 1. The molecule has 5 nitrogen and oxygen atoms in total. The minimum Gasteiger partial charge on any atom is -0.368 e. The van der Waals surface area contributed by atoms with Crippen molar-refractivity contribution in [3.63, 3.8) is 0 Å². The fraction of sp³-hybridized carbons (Fsp3) is 0.280. The molecule has 0 bridgehead atoms. The molecule has 2 amide bonds. The van der Waals surface area contributed by atoms with Crippen LogP contribution >= 0.6 is 11.6 Å². The van der Waals surface area contributed by atoms with Gasteiger partial charge in [0.15, 0.2) is 0 Å². The molecule has 0 aliphatic carbocycles. The van der Waals surface area contributed by atoms with Crippen LogP contribution in [0.5, 0.6) is 0 Å². The van der Waals surface area contributed by atoms with Crippen LogP contribution in [-0.4, -0.2) is 60.9 Å². The number of rotatable bonds is 5. The summed E-state index contributed by atoms with van der Waals surface area (Å²) in [5.74, 6) is -0.365. The van der Waals surface area contributed by atoms with Crippen molar-refractivity contribution in [3.8, 4) is 0 Å². The maximum Gasteiger partial charge on any atom is 0.261 e. The van der Waals surface area contributed by atoms with Gasteiger partial charge in [0.2, 0.25) is 0 Å². The number of carbonyl (C=O) groups excluding carboxylic acids is 2. The molecule has 1 fully saturated rings. The Morgan fingerprint density at radius 2 is 1.39 bits per heavy atom. The molecule has 0 aromatic heterocycles. The van der Waals surface area contributed by atoms with Crippen molar-refractivity contribution < 1.29 is 9.59 Å². The van der Waals surface area contributed by atoms with E-state index in [-0.39, 0.29) is 11.8 Å². The monoisotopic (exact) mass is 433 g/mol. The number of para-hydroxylation sites is 1. The molecule has 0 saturated carbocycles. The van der Waals surface area contributed by atoms with E-state index in [1.54, 1.807) is 0 Å². The molecular weight excluding hydrogens is 410 g/mol. The normalized spacial score (nSPS) is 16.9. The van der Waals surface area contributed by atoms with Gasteiger partial charge < -0.3 is 4.90 Å². The number of carbonyl (C=O) groups is 2. The molecule has 0 spiro atoms. The van der Waals surface area contributed by atoms with Gasteiger partial charge in [-0.1, -0.05) is 48.0 Å². The summed E-state index contributed by atoms with van der Waals surface area (Å²) < 4.78 is 0. The molecule has 0 N–H and O–H groups in total. The third-order valence-corrected chi connectivity index (χ3v) is 6.60. The van der Waals surface area contributed by atoms with Gasteiger partial charge >= 0.3 is 0 Å². The number of anilines is 1. The summed E-state index contributed by atoms with van der Waals surface area (Å²) >= 11 is 6.33. The largest absolute Gasteiger partial charge is 0.368 e. The number of nitrogens with zero attached hydrogens (tertiary/aromatic N) is 3. The van der Waals surface area contributed by atoms with Crippen LogP contribution in [0.25, 0.3) is 10.8 Å². The van der Waals surface area contributed by atoms with E-state index in [2.05, 4.69) is 15.9 Å². The standard InChI is InChI=1S/C25H24ClN3O2/c26-21-10-1-2-11-22(21)28-16-14-27(15-17-28)12-5-13-29-24(30)19-8-3-6-18-7-4-9-20(23(18)19)25(29)31/h1-4,6-11H,5,12-17H2. The van der Waals surface area contributed by atoms with Crippen LogP contribution in [-0.2, 0) is 0 Å². The zero-order valence-corrected chi connectivity index (χ0v) is 18.0. The van der Waals surface area contributed by atoms with E-state index in [1.165, 1.54) is 4.90 Å². The van der Waals surface area contributed by atoms with E-state index < -0.39 is 0 Å². The molecule has 2 aliphatic heterocycles. The van der Waals surface area contributed by atoms with Gasteiger partial charge in [0.25, 0.3) is 11.8 Å². The van der Waals surface area contributed by atoms with Crippen molar-refractivity contribution in [2.45, 2.75) is 6.42 Å². The summed E-state index contributed by atoms with van der Waals surface area (Å²) in [4.78, 5) is 32.1. The summed E-state index contributed by atoms with van der Waals surface area (Å²) in [5.41, 5.74) is 2.34. The Morgan fingerprint density at radius 3 is 2.03 bits per heavy atom. The van der Waals surface area contributed by atoms with E-state index >= 15 is 0 Å². The van der Waals surface area contributed by atoms with E-state index in [1.807, 2.05) is 54.6 Å². The highest BCUT2D eigenvalue weighted by Crippen LogP contribution is 2.30. The minimum atomic E-state index is -0.183. The minimum absolute atomic E-state index is 0.183. The highest BCUT2D eigenvalue weighted by Gasteiger charge is 2.32. The molecule has 2 heterocycles. The van der Waals surface area contributed by atoms with E-state index in [9.17, 15) is 9.59 Å². The maximum atomic E-state index is 13.0. The predicted octanol–water partition coefficient (Wildman–Crippen LogP) is 4.30. The number of imide groups is 1. The Labute approximate surface area is 186 Å². The molecule has 1 saturated heterocycles. The average molecular weight is 434 g/mol. The second kappa shape index (κ2) is 8.33. The van der Waals surface area contributed by atoms with Crippen LogP contribution in [0.4, 0.5) is 5.69 Å². The van der Waals surface area contributed by atoms with Gasteiger partial charge in [-0.15, -0.1) is 0 Å². The van der Waals surface area contributed by atoms with Crippen molar-refractivity contribution in [2.75, 3.05) is 44.2 Å². The first kappa shape index (κ1) is 20.0. The molecule has 31 heavy (non-hydrogen) atoms. The smallest absolute Gasteiger partial charge is 0.261 e. The lowest BCUT2D eigenvalue weighted by Gasteiger charge is -2.36. The Bertz CT molecular complexity index is 1100. The number of amides is 2. The molecule has 6 heteroatoms. The Balaban J connectivity index is 1.20. The van der Waals surface area contributed by atoms with Crippen molar-refractivity contribution in [1.82, 2.24) is 9.80 Å². The van der Waals surface area contributed by atoms with Crippen molar-refractivity contribution in [2.24, 2.45) is 0 Å². The number of benzene rings is 3. The average Bonchev–Trinajstić information content (AvgIpc) is 2.80. The van der Waals surface area contributed by atoms with Gasteiger partial charge in [-0.05, 0) is 42.6 Å². The molecule has 3 aromatic carbocycles. The van der Waals surface area contributed by atoms with Crippen LogP contribution in [0.15, 0.2) is 60.7 Å². The molecule has 2 aliphatic rings. The van der Waals surface area contributed by atoms with Crippen molar-refractivity contribution in [1.29, 1.82) is 0 Å². The van der Waals surface area contributed by atoms with E-state index in [0.29, 0.717) is 17.7 Å². The van der Waals surface area contributed by atoms with Gasteiger partial charge in [0, 0.05) is 49.2 Å². The number of hydrogen-bond acceptors (Lipinski definition) is 4. The molecule has 5 rings (SSSR count). The second-order valence-electron chi connectivity index (χ2n) is 8.10. The first-order valence-corrected chi connectivity index (χ1v) is 11.1. The third kappa shape index (κ3) is 3.68. The maximum absolute atomic E-state index is 13.0. The van der Waals surface area contributed by atoms with Crippen LogP contribution in [0.2, 0.25) is 5.02 Å². The zero-order valence-electron chi connectivity index (χ0n) is 17.3. The summed E-state index contributed by atoms with van der Waals surface area (Å²) in [7, 11) is 0. The molecule has 0 atom stereocenters.